The van der Waals surface area contributed by atoms with Crippen LogP contribution in [0.5, 0.6) is 0 Å². The summed E-state index contributed by atoms with van der Waals surface area (Å²) in [7, 11) is 1.81. The number of nitrogens with one attached hydrogen (secondary N) is 2. The molecule has 2 saturated heterocycles. The molecule has 33 heavy (non-hydrogen) atoms. The third-order valence-corrected chi connectivity index (χ3v) is 7.13. The van der Waals surface area contributed by atoms with E-state index in [-0.39, 0.29) is 11.9 Å². The zero-order valence-corrected chi connectivity index (χ0v) is 19.8. The molecule has 1 aromatic heterocycles. The van der Waals surface area contributed by atoms with Crippen LogP contribution < -0.4 is 10.6 Å². The zero-order valence-electron chi connectivity index (χ0n) is 19.8. The summed E-state index contributed by atoms with van der Waals surface area (Å²) in [5.41, 5.74) is 4.47. The number of Topliss-reactive ketones (excluding diaryl/α,β-unsaturated/α-hetero) is 1. The van der Waals surface area contributed by atoms with E-state index in [1.807, 2.05) is 20.9 Å². The number of ketones is 1. The minimum atomic E-state index is -0.544. The predicted molar refractivity (Wildman–Crippen MR) is 125 cm³/mol. The molecule has 3 heterocycles. The number of piperidine rings is 1. The Hall–Kier alpha value is -2.71. The summed E-state index contributed by atoms with van der Waals surface area (Å²) in [5.74, 6) is -1.29. The first-order valence-electron chi connectivity index (χ1n) is 11.6. The van der Waals surface area contributed by atoms with Crippen molar-refractivity contribution in [1.82, 2.24) is 14.8 Å². The van der Waals surface area contributed by atoms with Crippen molar-refractivity contribution < 1.29 is 18.7 Å². The van der Waals surface area contributed by atoms with Gasteiger partial charge < -0.3 is 19.9 Å². The first-order chi connectivity index (χ1) is 15.8. The lowest BCUT2D eigenvalue weighted by Crippen LogP contribution is -2.54. The molecule has 0 atom stereocenters. The second-order valence-electron chi connectivity index (χ2n) is 9.22. The van der Waals surface area contributed by atoms with Crippen molar-refractivity contribution in [1.29, 1.82) is 0 Å². The maximum atomic E-state index is 13.5. The second-order valence-corrected chi connectivity index (χ2v) is 9.22. The van der Waals surface area contributed by atoms with E-state index in [9.17, 15) is 14.0 Å². The van der Waals surface area contributed by atoms with Crippen LogP contribution >= 0.6 is 0 Å². The third-order valence-electron chi connectivity index (χ3n) is 7.13. The number of benzene rings is 1. The molecular formula is C25H33FN4O3. The highest BCUT2D eigenvalue weighted by Gasteiger charge is 2.32. The maximum Gasteiger partial charge on any atom is 0.294 e. The van der Waals surface area contributed by atoms with E-state index < -0.39 is 11.7 Å². The lowest BCUT2D eigenvalue weighted by atomic mass is 10.0. The Morgan fingerprint density at radius 1 is 1.15 bits per heavy atom. The van der Waals surface area contributed by atoms with Gasteiger partial charge in [-0.3, -0.25) is 14.5 Å². The molecule has 0 radical (unpaired) electrons. The van der Waals surface area contributed by atoms with Crippen LogP contribution in [0.1, 0.15) is 45.7 Å². The number of carbonyl (C=O) groups excluding carboxylic acids is 2. The number of halogens is 1. The number of anilines is 1. The van der Waals surface area contributed by atoms with Gasteiger partial charge in [-0.05, 0) is 68.5 Å². The van der Waals surface area contributed by atoms with Crippen LogP contribution in [0, 0.1) is 26.6 Å². The molecule has 0 bridgehead atoms. The van der Waals surface area contributed by atoms with Gasteiger partial charge in [-0.25, -0.2) is 4.39 Å². The lowest BCUT2D eigenvalue weighted by Gasteiger charge is -2.41. The highest BCUT2D eigenvalue weighted by Crippen LogP contribution is 2.24. The van der Waals surface area contributed by atoms with Gasteiger partial charge in [-0.15, -0.1) is 0 Å². The average molecular weight is 457 g/mol. The maximum absolute atomic E-state index is 13.5. The molecule has 2 aliphatic heterocycles. The van der Waals surface area contributed by atoms with Crippen molar-refractivity contribution in [3.63, 3.8) is 0 Å². The lowest BCUT2D eigenvalue weighted by molar-refractivity contribution is -0.118. The number of amides is 1. The Labute approximate surface area is 194 Å². The molecule has 2 N–H and O–H groups in total. The summed E-state index contributed by atoms with van der Waals surface area (Å²) in [5, 5.41) is 6.26. The monoisotopic (exact) mass is 456 g/mol. The number of likely N-dealkylation sites (tertiary alicyclic amines) is 1. The minimum absolute atomic E-state index is 0.0169. The molecule has 2 aromatic rings. The first kappa shape index (κ1) is 23.4. The van der Waals surface area contributed by atoms with Crippen LogP contribution in [0.15, 0.2) is 18.2 Å². The molecule has 2 aliphatic rings. The summed E-state index contributed by atoms with van der Waals surface area (Å²) >= 11 is 0. The van der Waals surface area contributed by atoms with Gasteiger partial charge >= 0.3 is 0 Å². The fraction of sp³-hybridized carbons (Fsp3) is 0.520. The SMILES string of the molecule is Cc1cc(NCc2c(C)c(C(=O)C(=O)NC3CCN(C4COC4)CC3)n(C)c2C)ccc1F. The largest absolute Gasteiger partial charge is 0.381 e. The number of hydrogen-bond donors (Lipinski definition) is 2. The molecule has 2 fully saturated rings. The van der Waals surface area contributed by atoms with Gasteiger partial charge in [0.25, 0.3) is 11.7 Å². The topological polar surface area (TPSA) is 75.6 Å². The molecule has 0 spiro atoms. The minimum Gasteiger partial charge on any atom is -0.381 e. The van der Waals surface area contributed by atoms with Gasteiger partial charge in [0.1, 0.15) is 5.82 Å². The predicted octanol–water partition coefficient (Wildman–Crippen LogP) is 2.86. The quantitative estimate of drug-likeness (QED) is 0.495. The summed E-state index contributed by atoms with van der Waals surface area (Å²) < 4.78 is 20.6. The second kappa shape index (κ2) is 9.65. The van der Waals surface area contributed by atoms with Gasteiger partial charge in [0.15, 0.2) is 0 Å². The van der Waals surface area contributed by atoms with Crippen LogP contribution in [-0.2, 0) is 23.1 Å². The number of rotatable bonds is 7. The molecule has 4 rings (SSSR count). The molecule has 8 heteroatoms. The van der Waals surface area contributed by atoms with Gasteiger partial charge in [-0.2, -0.15) is 0 Å². The van der Waals surface area contributed by atoms with Crippen molar-refractivity contribution in [2.75, 3.05) is 31.6 Å². The molecule has 0 unspecified atom stereocenters. The summed E-state index contributed by atoms with van der Waals surface area (Å²) in [6.07, 6.45) is 1.68. The molecule has 7 nitrogen and oxygen atoms in total. The van der Waals surface area contributed by atoms with Crippen LogP contribution in [-0.4, -0.2) is 59.5 Å². The van der Waals surface area contributed by atoms with Crippen molar-refractivity contribution in [3.05, 3.63) is 52.1 Å². The van der Waals surface area contributed by atoms with Crippen molar-refractivity contribution in [3.8, 4) is 0 Å². The Kier molecular flexibility index (Phi) is 6.86. The number of carbonyl (C=O) groups is 2. The highest BCUT2D eigenvalue weighted by molar-refractivity contribution is 6.42. The molecular weight excluding hydrogens is 423 g/mol. The van der Waals surface area contributed by atoms with Crippen LogP contribution in [0.4, 0.5) is 10.1 Å². The molecule has 0 saturated carbocycles. The van der Waals surface area contributed by atoms with E-state index in [0.29, 0.717) is 23.8 Å². The smallest absolute Gasteiger partial charge is 0.294 e. The fourth-order valence-corrected chi connectivity index (χ4v) is 4.77. The highest BCUT2D eigenvalue weighted by atomic mass is 19.1. The summed E-state index contributed by atoms with van der Waals surface area (Å²) in [6, 6.07) is 5.41. The average Bonchev–Trinajstić information content (AvgIpc) is 2.96. The van der Waals surface area contributed by atoms with Crippen LogP contribution in [0.25, 0.3) is 0 Å². The Morgan fingerprint density at radius 2 is 1.85 bits per heavy atom. The van der Waals surface area contributed by atoms with E-state index in [2.05, 4.69) is 15.5 Å². The van der Waals surface area contributed by atoms with E-state index in [1.54, 1.807) is 23.6 Å². The van der Waals surface area contributed by atoms with Crippen LogP contribution in [0.2, 0.25) is 0 Å². The molecule has 1 aromatic carbocycles. The van der Waals surface area contributed by atoms with Crippen LogP contribution in [0.3, 0.4) is 0 Å². The van der Waals surface area contributed by atoms with Gasteiger partial charge in [0, 0.05) is 44.1 Å². The summed E-state index contributed by atoms with van der Waals surface area (Å²) in [4.78, 5) is 28.3. The standard InChI is InChI=1S/C25H33FN4O3/c1-15-11-19(5-6-22(15)26)27-12-21-16(2)23(29(4)17(21)3)24(31)25(32)28-18-7-9-30(10-8-18)20-13-33-14-20/h5-6,11,18,20,27H,7-10,12-14H2,1-4H3,(H,28,32). The molecule has 1 amide bonds. The molecule has 0 aliphatic carbocycles. The number of aryl methyl sites for hydroxylation is 1. The first-order valence-corrected chi connectivity index (χ1v) is 11.6. The number of hydrogen-bond acceptors (Lipinski definition) is 5. The van der Waals surface area contributed by atoms with E-state index in [0.717, 1.165) is 61.7 Å². The van der Waals surface area contributed by atoms with Gasteiger partial charge in [0.2, 0.25) is 0 Å². The van der Waals surface area contributed by atoms with E-state index >= 15 is 0 Å². The Morgan fingerprint density at radius 3 is 2.45 bits per heavy atom. The van der Waals surface area contributed by atoms with Gasteiger partial charge in [0.05, 0.1) is 24.9 Å². The Bertz CT molecular complexity index is 1050. The normalized spacial score (nSPS) is 17.6. The van der Waals surface area contributed by atoms with E-state index in [1.165, 1.54) is 6.07 Å². The number of ether oxygens (including phenoxy) is 1. The van der Waals surface area contributed by atoms with E-state index in [4.69, 9.17) is 4.74 Å². The number of aromatic nitrogens is 1. The van der Waals surface area contributed by atoms with Crippen molar-refractivity contribution in [2.24, 2.45) is 7.05 Å². The van der Waals surface area contributed by atoms with Gasteiger partial charge in [-0.1, -0.05) is 0 Å². The number of nitrogens with zero attached hydrogens (tertiary/aromatic N) is 2. The summed E-state index contributed by atoms with van der Waals surface area (Å²) in [6.45, 7) is 9.42. The fourth-order valence-electron chi connectivity index (χ4n) is 4.77. The van der Waals surface area contributed by atoms with Crippen molar-refractivity contribution in [2.45, 2.75) is 52.2 Å². The Balaban J connectivity index is 1.39. The third kappa shape index (κ3) is 4.82. The zero-order chi connectivity index (χ0) is 23.7. The molecule has 178 valence electrons. The van der Waals surface area contributed by atoms with Crippen molar-refractivity contribution >= 4 is 17.4 Å².